The van der Waals surface area contributed by atoms with Gasteiger partial charge in [0.25, 0.3) is 0 Å². The highest BCUT2D eigenvalue weighted by atomic mass is 32.2. The zero-order chi connectivity index (χ0) is 26.3. The third-order valence-corrected chi connectivity index (χ3v) is 12.7. The van der Waals surface area contributed by atoms with Gasteiger partial charge in [-0.15, -0.1) is 23.5 Å². The van der Waals surface area contributed by atoms with Crippen LogP contribution in [0.1, 0.15) is 40.0 Å². The van der Waals surface area contributed by atoms with Crippen molar-refractivity contribution in [3.63, 3.8) is 0 Å². The van der Waals surface area contributed by atoms with Crippen molar-refractivity contribution in [1.82, 2.24) is 0 Å². The molecule has 10 heteroatoms. The molecule has 9 atom stereocenters. The Morgan fingerprint density at radius 3 is 2.47 bits per heavy atom. The van der Waals surface area contributed by atoms with Crippen molar-refractivity contribution in [2.45, 2.75) is 68.2 Å². The van der Waals surface area contributed by atoms with E-state index in [9.17, 15) is 19.5 Å². The zero-order valence-electron chi connectivity index (χ0n) is 20.8. The zero-order valence-corrected chi connectivity index (χ0v) is 22.4. The van der Waals surface area contributed by atoms with Gasteiger partial charge in [-0.25, -0.2) is 18.4 Å². The van der Waals surface area contributed by atoms with E-state index in [1.54, 1.807) is 13.8 Å². The number of fused-ring (bicyclic) bond motifs is 5. The van der Waals surface area contributed by atoms with Gasteiger partial charge in [0.15, 0.2) is 11.5 Å². The van der Waals surface area contributed by atoms with Gasteiger partial charge >= 0.3 is 11.9 Å². The van der Waals surface area contributed by atoms with E-state index in [2.05, 4.69) is 0 Å². The maximum Gasteiger partial charge on any atom is 0.351 e. The number of ether oxygens (including phenoxy) is 2. The first-order chi connectivity index (χ1) is 16.9. The molecule has 1 N–H and O–H groups in total. The van der Waals surface area contributed by atoms with Gasteiger partial charge in [-0.1, -0.05) is 19.9 Å². The van der Waals surface area contributed by atoms with E-state index < -0.39 is 74.4 Å². The van der Waals surface area contributed by atoms with Crippen LogP contribution in [0.15, 0.2) is 23.8 Å². The summed E-state index contributed by atoms with van der Waals surface area (Å²) in [6.45, 7) is 5.05. The number of methoxy groups -OCH3 is 1. The summed E-state index contributed by atoms with van der Waals surface area (Å²) in [5, 5.41) is 11.5. The largest absolute Gasteiger partial charge is 0.466 e. The second-order valence-electron chi connectivity index (χ2n) is 11.2. The third kappa shape index (κ3) is 3.16. The number of thioether (sulfide) groups is 2. The molecule has 0 radical (unpaired) electrons. The van der Waals surface area contributed by atoms with Gasteiger partial charge in [-0.3, -0.25) is 4.79 Å². The van der Waals surface area contributed by atoms with Crippen LogP contribution < -0.4 is 0 Å². The highest BCUT2D eigenvalue weighted by molar-refractivity contribution is 8.21. The molecule has 6 nitrogen and oxygen atoms in total. The normalized spacial score (nSPS) is 48.0. The highest BCUT2D eigenvalue weighted by Gasteiger charge is 2.78. The molecule has 0 amide bonds. The van der Waals surface area contributed by atoms with Crippen molar-refractivity contribution >= 4 is 41.2 Å². The van der Waals surface area contributed by atoms with Crippen LogP contribution >= 0.6 is 23.5 Å². The predicted molar refractivity (Wildman–Crippen MR) is 133 cm³/mol. The Bertz CT molecular complexity index is 1060. The van der Waals surface area contributed by atoms with Crippen molar-refractivity contribution in [2.24, 2.45) is 28.6 Å². The van der Waals surface area contributed by atoms with Crippen LogP contribution in [0.3, 0.4) is 0 Å². The summed E-state index contributed by atoms with van der Waals surface area (Å²) in [5.74, 6) is -2.17. The molecule has 3 saturated carbocycles. The molecule has 1 heterocycles. The topological polar surface area (TPSA) is 89.9 Å². The maximum absolute atomic E-state index is 17.4. The Labute approximate surface area is 218 Å². The quantitative estimate of drug-likeness (QED) is 0.539. The molecule has 1 aliphatic heterocycles. The minimum Gasteiger partial charge on any atom is -0.466 e. The van der Waals surface area contributed by atoms with Crippen LogP contribution in [0.25, 0.3) is 0 Å². The Hall–Kier alpha value is -1.39. The lowest BCUT2D eigenvalue weighted by atomic mass is 9.44. The van der Waals surface area contributed by atoms with E-state index in [-0.39, 0.29) is 18.4 Å². The van der Waals surface area contributed by atoms with E-state index in [1.807, 2.05) is 0 Å². The first kappa shape index (κ1) is 26.2. The minimum absolute atomic E-state index is 0.0448. The number of esters is 2. The number of carbonyl (C=O) groups excluding carboxylic acids is 3. The van der Waals surface area contributed by atoms with E-state index in [0.29, 0.717) is 6.42 Å². The average Bonchev–Trinajstić information content (AvgIpc) is 3.44. The first-order valence-corrected chi connectivity index (χ1v) is 14.5. The lowest BCUT2D eigenvalue weighted by Gasteiger charge is -2.63. The third-order valence-electron chi connectivity index (χ3n) is 9.73. The number of aliphatic hydroxyl groups is 1. The predicted octanol–water partition coefficient (Wildman–Crippen LogP) is 3.81. The molecule has 4 aliphatic carbocycles. The molecule has 4 fully saturated rings. The summed E-state index contributed by atoms with van der Waals surface area (Å²) in [6.07, 6.45) is 0.488. The number of allylic oxidation sites excluding steroid dienone is 4. The van der Waals surface area contributed by atoms with Gasteiger partial charge in [0.05, 0.1) is 13.2 Å². The van der Waals surface area contributed by atoms with Gasteiger partial charge in [-0.05, 0) is 49.8 Å². The second-order valence-corrected chi connectivity index (χ2v) is 13.9. The van der Waals surface area contributed by atoms with E-state index in [0.717, 1.165) is 17.6 Å². The molecule has 0 bridgehead atoms. The molecular formula is C26H32F2O6S2. The number of aliphatic hydroxyl groups excluding tert-OH is 1. The Kier molecular flexibility index (Phi) is 6.24. The van der Waals surface area contributed by atoms with Crippen LogP contribution in [-0.2, 0) is 23.9 Å². The number of hydrogen-bond acceptors (Lipinski definition) is 8. The Balaban J connectivity index is 1.61. The summed E-state index contributed by atoms with van der Waals surface area (Å²) in [4.78, 5) is 38.7. The second kappa shape index (κ2) is 8.56. The van der Waals surface area contributed by atoms with Gasteiger partial charge in [0.1, 0.15) is 10.8 Å². The number of alkyl halides is 2. The molecule has 0 aromatic heterocycles. The lowest BCUT2D eigenvalue weighted by molar-refractivity contribution is -0.237. The smallest absolute Gasteiger partial charge is 0.351 e. The fourth-order valence-corrected chi connectivity index (χ4v) is 10.6. The van der Waals surface area contributed by atoms with Crippen LogP contribution in [-0.4, -0.2) is 69.6 Å². The van der Waals surface area contributed by atoms with Gasteiger partial charge in [0.2, 0.25) is 5.60 Å². The van der Waals surface area contributed by atoms with Crippen LogP contribution in [0.4, 0.5) is 8.78 Å². The van der Waals surface area contributed by atoms with Crippen LogP contribution in [0.5, 0.6) is 0 Å². The van der Waals surface area contributed by atoms with E-state index in [4.69, 9.17) is 9.47 Å². The maximum atomic E-state index is 17.4. The Morgan fingerprint density at radius 2 is 1.83 bits per heavy atom. The van der Waals surface area contributed by atoms with Crippen molar-refractivity contribution in [2.75, 3.05) is 18.6 Å². The fourth-order valence-electron chi connectivity index (χ4n) is 8.07. The van der Waals surface area contributed by atoms with Crippen molar-refractivity contribution in [1.29, 1.82) is 0 Å². The summed E-state index contributed by atoms with van der Waals surface area (Å²) in [5.41, 5.74) is -6.67. The van der Waals surface area contributed by atoms with Gasteiger partial charge < -0.3 is 14.6 Å². The fraction of sp³-hybridized carbons (Fsp3) is 0.731. The highest BCUT2D eigenvalue weighted by Crippen LogP contribution is 2.71. The van der Waals surface area contributed by atoms with Crippen molar-refractivity contribution < 1.29 is 37.7 Å². The number of ketones is 1. The monoisotopic (exact) mass is 542 g/mol. The van der Waals surface area contributed by atoms with Crippen molar-refractivity contribution in [3.8, 4) is 0 Å². The van der Waals surface area contributed by atoms with Crippen LogP contribution in [0, 0.1) is 28.6 Å². The molecule has 2 unspecified atom stereocenters. The summed E-state index contributed by atoms with van der Waals surface area (Å²) in [6, 6.07) is 0. The van der Waals surface area contributed by atoms with Gasteiger partial charge in [0, 0.05) is 34.2 Å². The SMILES string of the molecule is COC(=O)[C@@]1(OC(=O)C2SCCS2)[C@H](C)CC2C3C[C@H](F)C4=CC(=O)C=C[C@]4(C)[C@@]3(F)[C@@H](O)C[C@@]21C. The number of carbonyl (C=O) groups is 3. The molecule has 0 spiro atoms. The molecule has 198 valence electrons. The van der Waals surface area contributed by atoms with Crippen LogP contribution in [0.2, 0.25) is 0 Å². The summed E-state index contributed by atoms with van der Waals surface area (Å²) >= 11 is 2.90. The number of halogens is 2. The standard InChI is InChI=1S/C26H32F2O6S2/c1-13-9-15-16-11-18(27)17-10-14(29)5-6-23(17,2)25(16,28)19(30)12-24(15,3)26(13,22(32)33-4)34-20(31)21-35-7-8-36-21/h5-6,10,13,15-16,18-19,21,30H,7-9,11-12H2,1-4H3/t13-,15?,16?,18+,19+,23+,24+,25+,26+/m1/s1. The van der Waals surface area contributed by atoms with Crippen molar-refractivity contribution in [3.05, 3.63) is 23.8 Å². The molecule has 0 aromatic carbocycles. The average molecular weight is 543 g/mol. The van der Waals surface area contributed by atoms with E-state index >= 15 is 8.78 Å². The lowest BCUT2D eigenvalue weighted by Crippen LogP contribution is -2.71. The summed E-state index contributed by atoms with van der Waals surface area (Å²) < 4.78 is 43.8. The molecule has 0 aromatic rings. The first-order valence-electron chi connectivity index (χ1n) is 12.4. The van der Waals surface area contributed by atoms with E-state index in [1.165, 1.54) is 49.7 Å². The molecule has 5 rings (SSSR count). The Morgan fingerprint density at radius 1 is 1.17 bits per heavy atom. The van der Waals surface area contributed by atoms with Gasteiger partial charge in [-0.2, -0.15) is 0 Å². The number of hydrogen-bond donors (Lipinski definition) is 1. The molecular weight excluding hydrogens is 510 g/mol. The number of rotatable bonds is 3. The molecule has 36 heavy (non-hydrogen) atoms. The summed E-state index contributed by atoms with van der Waals surface area (Å²) in [7, 11) is 1.22. The molecule has 1 saturated heterocycles. The molecule has 5 aliphatic rings. The minimum atomic E-state index is -2.27.